The maximum Gasteiger partial charge on any atom is 0.239 e. The molecule has 0 atom stereocenters. The molecular formula is C13H22N4O. The van der Waals surface area contributed by atoms with E-state index in [1.165, 1.54) is 0 Å². The molecular weight excluding hydrogens is 228 g/mol. The Morgan fingerprint density at radius 2 is 2.00 bits per heavy atom. The molecule has 1 aromatic rings. The highest BCUT2D eigenvalue weighted by Gasteiger charge is 2.06. The molecule has 0 aromatic carbocycles. The van der Waals surface area contributed by atoms with E-state index in [0.29, 0.717) is 5.82 Å². The molecule has 1 aromatic heterocycles. The lowest BCUT2D eigenvalue weighted by molar-refractivity contribution is -0.114. The van der Waals surface area contributed by atoms with Gasteiger partial charge in [0.1, 0.15) is 5.82 Å². The minimum absolute atomic E-state index is 0.0266. The zero-order chi connectivity index (χ0) is 13.4. The number of pyridine rings is 1. The minimum Gasteiger partial charge on any atom is -0.370 e. The lowest BCUT2D eigenvalue weighted by Gasteiger charge is -2.23. The van der Waals surface area contributed by atoms with Gasteiger partial charge >= 0.3 is 0 Å². The zero-order valence-corrected chi connectivity index (χ0v) is 11.1. The summed E-state index contributed by atoms with van der Waals surface area (Å²) in [7, 11) is 0. The van der Waals surface area contributed by atoms with E-state index in [0.717, 1.165) is 31.6 Å². The number of hydrogen-bond acceptors (Lipinski definition) is 4. The van der Waals surface area contributed by atoms with Gasteiger partial charge in [-0.15, -0.1) is 0 Å². The molecule has 18 heavy (non-hydrogen) atoms. The van der Waals surface area contributed by atoms with Crippen LogP contribution in [0.3, 0.4) is 0 Å². The van der Waals surface area contributed by atoms with Gasteiger partial charge in [-0.05, 0) is 25.0 Å². The van der Waals surface area contributed by atoms with Crippen molar-refractivity contribution in [1.82, 2.24) is 4.98 Å². The number of carbonyl (C=O) groups is 1. The van der Waals surface area contributed by atoms with Gasteiger partial charge in [0.15, 0.2) is 0 Å². The standard InChI is InChI=1S/C13H22N4O/c1-3-7-17(8-4-2)11-5-6-12(15-10-11)16-13(18)9-14/h5-6,10H,3-4,7-9,14H2,1-2H3,(H,15,16,18). The lowest BCUT2D eigenvalue weighted by Crippen LogP contribution is -2.25. The Labute approximate surface area is 108 Å². The molecule has 1 heterocycles. The second-order valence-corrected chi connectivity index (χ2v) is 4.14. The van der Waals surface area contributed by atoms with E-state index in [9.17, 15) is 4.79 Å². The molecule has 100 valence electrons. The Morgan fingerprint density at radius 1 is 1.33 bits per heavy atom. The number of rotatable bonds is 7. The normalized spacial score (nSPS) is 10.2. The second kappa shape index (κ2) is 7.66. The molecule has 0 saturated carbocycles. The van der Waals surface area contributed by atoms with Crippen LogP contribution in [0.2, 0.25) is 0 Å². The van der Waals surface area contributed by atoms with E-state index >= 15 is 0 Å². The summed E-state index contributed by atoms with van der Waals surface area (Å²) in [6, 6.07) is 3.78. The first-order valence-electron chi connectivity index (χ1n) is 6.42. The Hall–Kier alpha value is -1.62. The molecule has 0 aliphatic rings. The number of hydrogen-bond donors (Lipinski definition) is 2. The monoisotopic (exact) mass is 250 g/mol. The van der Waals surface area contributed by atoms with Crippen LogP contribution in [0.4, 0.5) is 11.5 Å². The summed E-state index contributed by atoms with van der Waals surface area (Å²) in [6.45, 7) is 6.33. The number of anilines is 2. The lowest BCUT2D eigenvalue weighted by atomic mass is 10.3. The predicted octanol–water partition coefficient (Wildman–Crippen LogP) is 1.61. The van der Waals surface area contributed by atoms with Crippen molar-refractivity contribution in [3.63, 3.8) is 0 Å². The molecule has 1 amide bonds. The average Bonchev–Trinajstić information content (AvgIpc) is 2.39. The maximum absolute atomic E-state index is 11.1. The van der Waals surface area contributed by atoms with E-state index < -0.39 is 0 Å². The number of amides is 1. The average molecular weight is 250 g/mol. The van der Waals surface area contributed by atoms with Crippen LogP contribution in [0.5, 0.6) is 0 Å². The van der Waals surface area contributed by atoms with Crippen LogP contribution in [0.25, 0.3) is 0 Å². The fourth-order valence-electron chi connectivity index (χ4n) is 1.75. The Morgan fingerprint density at radius 3 is 2.44 bits per heavy atom. The highest BCUT2D eigenvalue weighted by Crippen LogP contribution is 2.15. The Balaban J connectivity index is 2.70. The Bertz CT molecular complexity index is 358. The van der Waals surface area contributed by atoms with E-state index in [-0.39, 0.29) is 12.5 Å². The van der Waals surface area contributed by atoms with Crippen molar-refractivity contribution in [3.8, 4) is 0 Å². The molecule has 0 unspecified atom stereocenters. The third kappa shape index (κ3) is 4.33. The van der Waals surface area contributed by atoms with Gasteiger partial charge in [-0.25, -0.2) is 4.98 Å². The molecule has 1 rings (SSSR count). The van der Waals surface area contributed by atoms with Crippen LogP contribution < -0.4 is 16.0 Å². The third-order valence-corrected chi connectivity index (χ3v) is 2.55. The first-order valence-corrected chi connectivity index (χ1v) is 6.42. The van der Waals surface area contributed by atoms with Crippen LogP contribution in [-0.2, 0) is 4.79 Å². The van der Waals surface area contributed by atoms with Gasteiger partial charge in [0, 0.05) is 13.1 Å². The summed E-state index contributed by atoms with van der Waals surface area (Å²) in [4.78, 5) is 17.6. The summed E-state index contributed by atoms with van der Waals surface area (Å²) in [5, 5.41) is 2.63. The van der Waals surface area contributed by atoms with E-state index in [1.54, 1.807) is 12.3 Å². The first-order chi connectivity index (χ1) is 8.71. The van der Waals surface area contributed by atoms with Crippen LogP contribution in [0.15, 0.2) is 18.3 Å². The third-order valence-electron chi connectivity index (χ3n) is 2.55. The van der Waals surface area contributed by atoms with Gasteiger partial charge < -0.3 is 16.0 Å². The van der Waals surface area contributed by atoms with Gasteiger partial charge in [-0.3, -0.25) is 4.79 Å². The van der Waals surface area contributed by atoms with Crippen molar-refractivity contribution in [1.29, 1.82) is 0 Å². The molecule has 0 aliphatic heterocycles. The van der Waals surface area contributed by atoms with Crippen LogP contribution in [0.1, 0.15) is 26.7 Å². The van der Waals surface area contributed by atoms with Gasteiger partial charge in [-0.2, -0.15) is 0 Å². The highest BCUT2D eigenvalue weighted by molar-refractivity contribution is 5.91. The first kappa shape index (κ1) is 14.4. The predicted molar refractivity (Wildman–Crippen MR) is 74.7 cm³/mol. The fourth-order valence-corrected chi connectivity index (χ4v) is 1.75. The maximum atomic E-state index is 11.1. The van der Waals surface area contributed by atoms with E-state index in [2.05, 4.69) is 29.0 Å². The van der Waals surface area contributed by atoms with Gasteiger partial charge in [-0.1, -0.05) is 13.8 Å². The van der Waals surface area contributed by atoms with E-state index in [4.69, 9.17) is 5.73 Å². The number of nitrogens with two attached hydrogens (primary N) is 1. The van der Waals surface area contributed by atoms with Crippen molar-refractivity contribution in [3.05, 3.63) is 18.3 Å². The summed E-state index contributed by atoms with van der Waals surface area (Å²) >= 11 is 0. The largest absolute Gasteiger partial charge is 0.370 e. The summed E-state index contributed by atoms with van der Waals surface area (Å²) in [5.41, 5.74) is 6.32. The molecule has 0 aliphatic carbocycles. The molecule has 0 spiro atoms. The molecule has 0 bridgehead atoms. The molecule has 0 saturated heterocycles. The van der Waals surface area contributed by atoms with Crippen molar-refractivity contribution in [2.24, 2.45) is 5.73 Å². The van der Waals surface area contributed by atoms with Gasteiger partial charge in [0.25, 0.3) is 0 Å². The van der Waals surface area contributed by atoms with Crippen molar-refractivity contribution in [2.75, 3.05) is 29.9 Å². The number of nitrogens with zero attached hydrogens (tertiary/aromatic N) is 2. The van der Waals surface area contributed by atoms with Crippen molar-refractivity contribution < 1.29 is 4.79 Å². The van der Waals surface area contributed by atoms with Gasteiger partial charge in [0.05, 0.1) is 18.4 Å². The van der Waals surface area contributed by atoms with E-state index in [1.807, 2.05) is 6.07 Å². The SMILES string of the molecule is CCCN(CCC)c1ccc(NC(=O)CN)nc1. The summed E-state index contributed by atoms with van der Waals surface area (Å²) in [6.07, 6.45) is 3.99. The Kier molecular flexibility index (Phi) is 6.14. The number of aromatic nitrogens is 1. The summed E-state index contributed by atoms with van der Waals surface area (Å²) < 4.78 is 0. The molecule has 5 nitrogen and oxygen atoms in total. The zero-order valence-electron chi connectivity index (χ0n) is 11.1. The topological polar surface area (TPSA) is 71.2 Å². The van der Waals surface area contributed by atoms with Crippen LogP contribution >= 0.6 is 0 Å². The van der Waals surface area contributed by atoms with Crippen LogP contribution in [-0.4, -0.2) is 30.5 Å². The summed E-state index contributed by atoms with van der Waals surface area (Å²) in [5.74, 6) is 0.316. The van der Waals surface area contributed by atoms with Gasteiger partial charge in [0.2, 0.25) is 5.91 Å². The second-order valence-electron chi connectivity index (χ2n) is 4.14. The smallest absolute Gasteiger partial charge is 0.239 e. The molecule has 0 fully saturated rings. The fraction of sp³-hybridized carbons (Fsp3) is 0.538. The number of carbonyl (C=O) groups excluding carboxylic acids is 1. The number of nitrogens with one attached hydrogen (secondary N) is 1. The highest BCUT2D eigenvalue weighted by atomic mass is 16.1. The molecule has 5 heteroatoms. The van der Waals surface area contributed by atoms with Crippen molar-refractivity contribution >= 4 is 17.4 Å². The molecule has 0 radical (unpaired) electrons. The van der Waals surface area contributed by atoms with Crippen LogP contribution in [0, 0.1) is 0 Å². The quantitative estimate of drug-likeness (QED) is 0.771. The minimum atomic E-state index is -0.228. The molecule has 3 N–H and O–H groups in total. The van der Waals surface area contributed by atoms with Crippen molar-refractivity contribution in [2.45, 2.75) is 26.7 Å².